The van der Waals surface area contributed by atoms with Gasteiger partial charge >= 0.3 is 5.69 Å². The lowest BCUT2D eigenvalue weighted by Gasteiger charge is -2.34. The Hall–Kier alpha value is -1.20. The number of aromatic amines is 2. The van der Waals surface area contributed by atoms with Crippen molar-refractivity contribution in [2.75, 3.05) is 6.61 Å². The van der Waals surface area contributed by atoms with E-state index in [0.29, 0.717) is 0 Å². The zero-order valence-electron chi connectivity index (χ0n) is 8.94. The molecule has 1 aromatic rings. The first kappa shape index (κ1) is 13.2. The Kier molecular flexibility index (Phi) is 3.82. The molecule has 0 bridgehead atoms. The van der Waals surface area contributed by atoms with Gasteiger partial charge in [-0.15, -0.1) is 0 Å². The van der Waals surface area contributed by atoms with Crippen LogP contribution in [0.5, 0.6) is 0 Å². The van der Waals surface area contributed by atoms with Crippen LogP contribution in [0.1, 0.15) is 0 Å². The Morgan fingerprint density at radius 2 is 2.00 bits per heavy atom. The molecule has 1 aromatic heterocycles. The van der Waals surface area contributed by atoms with Gasteiger partial charge in [-0.25, -0.2) is 9.89 Å². The third-order valence-corrected chi connectivity index (χ3v) is 3.51. The predicted octanol–water partition coefficient (Wildman–Crippen LogP) is -3.01. The van der Waals surface area contributed by atoms with Crippen LogP contribution in [-0.2, 0) is 4.74 Å². The molecule has 10 heteroatoms. The molecule has 5 N–H and O–H groups in total. The van der Waals surface area contributed by atoms with Crippen molar-refractivity contribution >= 4 is 11.8 Å². The summed E-state index contributed by atoms with van der Waals surface area (Å²) in [5.74, 6) is 0. The van der Waals surface area contributed by atoms with Crippen LogP contribution in [0.15, 0.2) is 14.6 Å². The van der Waals surface area contributed by atoms with Gasteiger partial charge in [0, 0.05) is 0 Å². The van der Waals surface area contributed by atoms with Crippen LogP contribution in [0.4, 0.5) is 0 Å². The van der Waals surface area contributed by atoms with Crippen molar-refractivity contribution in [1.29, 1.82) is 0 Å². The van der Waals surface area contributed by atoms with E-state index in [2.05, 4.69) is 5.10 Å². The number of aliphatic hydroxyl groups is 3. The summed E-state index contributed by atoms with van der Waals surface area (Å²) < 4.78 is 5.08. The Morgan fingerprint density at radius 3 is 2.67 bits per heavy atom. The number of hydrogen-bond donors (Lipinski definition) is 5. The van der Waals surface area contributed by atoms with Crippen molar-refractivity contribution in [3.05, 3.63) is 20.8 Å². The molecule has 2 rings (SSSR count). The Morgan fingerprint density at radius 1 is 1.28 bits per heavy atom. The lowest BCUT2D eigenvalue weighted by molar-refractivity contribution is -0.161. The maximum Gasteiger partial charge on any atom is 0.342 e. The van der Waals surface area contributed by atoms with Crippen molar-refractivity contribution in [3.63, 3.8) is 0 Å². The molecule has 1 saturated heterocycles. The maximum atomic E-state index is 11.4. The van der Waals surface area contributed by atoms with Gasteiger partial charge in [-0.2, -0.15) is 5.10 Å². The first-order valence-electron chi connectivity index (χ1n) is 5.00. The molecule has 18 heavy (non-hydrogen) atoms. The molecule has 0 saturated carbocycles. The van der Waals surface area contributed by atoms with Crippen LogP contribution >= 0.6 is 11.8 Å². The molecular formula is C8H11N3O6S. The minimum absolute atomic E-state index is 0.109. The van der Waals surface area contributed by atoms with Gasteiger partial charge in [0.25, 0.3) is 5.56 Å². The predicted molar refractivity (Wildman–Crippen MR) is 59.1 cm³/mol. The molecule has 1 aliphatic heterocycles. The van der Waals surface area contributed by atoms with Crippen LogP contribution in [0, 0.1) is 0 Å². The summed E-state index contributed by atoms with van der Waals surface area (Å²) in [5, 5.41) is 33.8. The van der Waals surface area contributed by atoms with Crippen LogP contribution in [0.25, 0.3) is 0 Å². The smallest absolute Gasteiger partial charge is 0.342 e. The first-order chi connectivity index (χ1) is 8.49. The number of H-pyrrole nitrogens is 2. The van der Waals surface area contributed by atoms with E-state index >= 15 is 0 Å². The fraction of sp³-hybridized carbons (Fsp3) is 0.625. The Labute approximate surface area is 104 Å². The van der Waals surface area contributed by atoms with E-state index in [1.165, 1.54) is 0 Å². The molecule has 1 aliphatic rings. The molecular weight excluding hydrogens is 266 g/mol. The number of thioether (sulfide) groups is 1. The second-order valence-corrected chi connectivity index (χ2v) is 4.77. The SMILES string of the molecule is O=c1[nH]nc(S[C@@H]2OC[C@H](O)[C@H](O)[C@@H]2O)c(=O)[nH]1. The quantitative estimate of drug-likeness (QED) is 0.384. The van der Waals surface area contributed by atoms with E-state index in [1.54, 1.807) is 0 Å². The molecule has 2 heterocycles. The van der Waals surface area contributed by atoms with Crippen molar-refractivity contribution in [2.45, 2.75) is 28.8 Å². The zero-order chi connectivity index (χ0) is 13.3. The van der Waals surface area contributed by atoms with Gasteiger partial charge in [0.1, 0.15) is 23.7 Å². The number of ether oxygens (including phenoxy) is 1. The Bertz CT molecular complexity index is 530. The third-order valence-electron chi connectivity index (χ3n) is 2.36. The molecule has 0 unspecified atom stereocenters. The van der Waals surface area contributed by atoms with Gasteiger partial charge in [-0.05, 0) is 0 Å². The second kappa shape index (κ2) is 5.20. The van der Waals surface area contributed by atoms with Gasteiger partial charge in [-0.3, -0.25) is 9.78 Å². The van der Waals surface area contributed by atoms with Crippen LogP contribution < -0.4 is 11.2 Å². The lowest BCUT2D eigenvalue weighted by Crippen LogP contribution is -2.51. The van der Waals surface area contributed by atoms with E-state index in [4.69, 9.17) is 4.74 Å². The largest absolute Gasteiger partial charge is 0.388 e. The fourth-order valence-corrected chi connectivity index (χ4v) is 2.33. The number of nitrogens with one attached hydrogen (secondary N) is 2. The highest BCUT2D eigenvalue weighted by Crippen LogP contribution is 2.27. The molecule has 100 valence electrons. The fourth-order valence-electron chi connectivity index (χ4n) is 1.41. The molecule has 1 fully saturated rings. The summed E-state index contributed by atoms with van der Waals surface area (Å²) in [7, 11) is 0. The molecule has 0 radical (unpaired) electrons. The Balaban J connectivity index is 2.14. The second-order valence-electron chi connectivity index (χ2n) is 3.68. The molecule has 9 nitrogen and oxygen atoms in total. The monoisotopic (exact) mass is 277 g/mol. The van der Waals surface area contributed by atoms with E-state index in [-0.39, 0.29) is 11.6 Å². The van der Waals surface area contributed by atoms with E-state index in [0.717, 1.165) is 11.8 Å². The highest BCUT2D eigenvalue weighted by atomic mass is 32.2. The zero-order valence-corrected chi connectivity index (χ0v) is 9.75. The minimum atomic E-state index is -1.37. The van der Waals surface area contributed by atoms with Crippen molar-refractivity contribution in [2.24, 2.45) is 0 Å². The lowest BCUT2D eigenvalue weighted by atomic mass is 10.1. The van der Waals surface area contributed by atoms with Crippen LogP contribution in [0.2, 0.25) is 0 Å². The maximum absolute atomic E-state index is 11.4. The first-order valence-corrected chi connectivity index (χ1v) is 5.88. The van der Waals surface area contributed by atoms with E-state index in [9.17, 15) is 24.9 Å². The van der Waals surface area contributed by atoms with E-state index < -0.39 is 35.0 Å². The molecule has 0 spiro atoms. The molecule has 4 atom stereocenters. The van der Waals surface area contributed by atoms with Gasteiger partial charge in [0.05, 0.1) is 6.61 Å². The van der Waals surface area contributed by atoms with Crippen LogP contribution in [-0.4, -0.2) is 60.9 Å². The average molecular weight is 277 g/mol. The summed E-state index contributed by atoms with van der Waals surface area (Å²) in [4.78, 5) is 24.1. The minimum Gasteiger partial charge on any atom is -0.388 e. The van der Waals surface area contributed by atoms with Gasteiger partial charge in [-0.1, -0.05) is 11.8 Å². The number of aromatic nitrogens is 3. The average Bonchev–Trinajstić information content (AvgIpc) is 2.33. The molecule has 0 aromatic carbocycles. The normalized spacial score (nSPS) is 32.4. The molecule has 0 aliphatic carbocycles. The van der Waals surface area contributed by atoms with Crippen molar-refractivity contribution in [3.8, 4) is 0 Å². The summed E-state index contributed by atoms with van der Waals surface area (Å²) in [6.07, 6.45) is -3.91. The topological polar surface area (TPSA) is 149 Å². The summed E-state index contributed by atoms with van der Waals surface area (Å²) in [6.45, 7) is -0.169. The summed E-state index contributed by atoms with van der Waals surface area (Å²) in [6, 6.07) is 0. The van der Waals surface area contributed by atoms with Gasteiger partial charge < -0.3 is 20.1 Å². The van der Waals surface area contributed by atoms with Crippen LogP contribution in [0.3, 0.4) is 0 Å². The standard InChI is InChI=1S/C8H11N3O6S/c12-2-1-17-7(4(14)3(2)13)18-6-5(15)9-8(16)11-10-6/h2-4,7,12-14H,1H2,(H2,9,11,15,16)/t2-,3-,4-,7-/m0/s1. The molecule has 0 amide bonds. The van der Waals surface area contributed by atoms with Crippen molar-refractivity contribution in [1.82, 2.24) is 15.2 Å². The van der Waals surface area contributed by atoms with Crippen molar-refractivity contribution < 1.29 is 20.1 Å². The van der Waals surface area contributed by atoms with Gasteiger partial charge in [0.15, 0.2) is 5.03 Å². The number of rotatable bonds is 2. The van der Waals surface area contributed by atoms with Gasteiger partial charge in [0.2, 0.25) is 0 Å². The van der Waals surface area contributed by atoms with E-state index in [1.807, 2.05) is 10.1 Å². The number of aliphatic hydroxyl groups excluding tert-OH is 3. The number of hydrogen-bond acceptors (Lipinski definition) is 8. The highest BCUT2D eigenvalue weighted by Gasteiger charge is 2.38. The number of nitrogens with zero attached hydrogens (tertiary/aromatic N) is 1. The summed E-state index contributed by atoms with van der Waals surface area (Å²) >= 11 is 0.745. The third kappa shape index (κ3) is 2.62. The highest BCUT2D eigenvalue weighted by molar-refractivity contribution is 7.99. The summed E-state index contributed by atoms with van der Waals surface area (Å²) in [5.41, 5.74) is -2.42.